The van der Waals surface area contributed by atoms with Crippen molar-refractivity contribution in [2.45, 2.75) is 13.3 Å². The van der Waals surface area contributed by atoms with Crippen LogP contribution in [-0.4, -0.2) is 6.21 Å². The van der Waals surface area contributed by atoms with Crippen molar-refractivity contribution in [1.82, 2.24) is 3.53 Å². The largest absolute Gasteiger partial charge is 0.312 e. The average Bonchev–Trinajstić information content (AvgIpc) is 1.95. The Hall–Kier alpha value is 0.420. The molecule has 1 heterocycles. The molecule has 1 atom stereocenters. The van der Waals surface area contributed by atoms with Crippen molar-refractivity contribution in [3.8, 4) is 0 Å². The summed E-state index contributed by atoms with van der Waals surface area (Å²) in [5.41, 5.74) is 0. The first-order chi connectivity index (χ1) is 4.75. The maximum atomic E-state index is 4.17. The van der Waals surface area contributed by atoms with E-state index in [-0.39, 0.29) is 0 Å². The minimum absolute atomic E-state index is 0.565. The van der Waals surface area contributed by atoms with Gasteiger partial charge in [-0.05, 0) is 12.3 Å². The topological polar surface area (TPSA) is 24.4 Å². The standard InChI is InChI=1S/C6H8BrIN2/c1-4-2-3-9-6(10-8)5(4)7/h3-4,10H,2H2,1H3/t4-/m0/s1. The molecule has 0 bridgehead atoms. The lowest BCUT2D eigenvalue weighted by molar-refractivity contribution is 0.738. The molecule has 0 aromatic carbocycles. The number of nitrogens with zero attached hydrogens (tertiary/aromatic N) is 1. The van der Waals surface area contributed by atoms with Crippen molar-refractivity contribution in [3.05, 3.63) is 10.3 Å². The second-order valence-corrected chi connectivity index (χ2v) is 3.63. The van der Waals surface area contributed by atoms with Crippen molar-refractivity contribution >= 4 is 45.0 Å². The molecule has 0 aromatic rings. The molecule has 0 amide bonds. The quantitative estimate of drug-likeness (QED) is 0.584. The highest BCUT2D eigenvalue weighted by molar-refractivity contribution is 14.1. The van der Waals surface area contributed by atoms with Crippen LogP contribution in [0.1, 0.15) is 13.3 Å². The zero-order valence-corrected chi connectivity index (χ0v) is 9.31. The second kappa shape index (κ2) is 3.71. The van der Waals surface area contributed by atoms with Crippen LogP contribution in [0.4, 0.5) is 0 Å². The van der Waals surface area contributed by atoms with E-state index in [9.17, 15) is 0 Å². The maximum absolute atomic E-state index is 4.17. The lowest BCUT2D eigenvalue weighted by Gasteiger charge is -2.14. The van der Waals surface area contributed by atoms with Crippen molar-refractivity contribution < 1.29 is 0 Å². The molecule has 1 N–H and O–H groups in total. The van der Waals surface area contributed by atoms with Crippen LogP contribution in [0.3, 0.4) is 0 Å². The van der Waals surface area contributed by atoms with Gasteiger partial charge in [0.05, 0.1) is 22.9 Å². The lowest BCUT2D eigenvalue weighted by atomic mass is 10.1. The smallest absolute Gasteiger partial charge is 0.144 e. The number of nitrogens with one attached hydrogen (secondary N) is 1. The molecule has 0 aliphatic carbocycles. The van der Waals surface area contributed by atoms with E-state index >= 15 is 0 Å². The molecule has 0 radical (unpaired) electrons. The first-order valence-electron chi connectivity index (χ1n) is 3.04. The Morgan fingerprint density at radius 1 is 1.90 bits per heavy atom. The van der Waals surface area contributed by atoms with Crippen molar-refractivity contribution in [1.29, 1.82) is 0 Å². The second-order valence-electron chi connectivity index (χ2n) is 2.24. The third-order valence-corrected chi connectivity index (χ3v) is 3.10. The van der Waals surface area contributed by atoms with Gasteiger partial charge in [0.25, 0.3) is 0 Å². The summed E-state index contributed by atoms with van der Waals surface area (Å²) in [7, 11) is 0. The Morgan fingerprint density at radius 2 is 2.60 bits per heavy atom. The summed E-state index contributed by atoms with van der Waals surface area (Å²) in [5.74, 6) is 1.51. The summed E-state index contributed by atoms with van der Waals surface area (Å²) in [4.78, 5) is 4.17. The van der Waals surface area contributed by atoms with Gasteiger partial charge in [-0.15, -0.1) is 0 Å². The zero-order chi connectivity index (χ0) is 7.56. The summed E-state index contributed by atoms with van der Waals surface area (Å²) in [6.45, 7) is 2.17. The number of aliphatic imine (C=N–C) groups is 1. The number of halogens is 2. The summed E-state index contributed by atoms with van der Waals surface area (Å²) >= 11 is 5.56. The predicted octanol–water partition coefficient (Wildman–Crippen LogP) is 2.60. The van der Waals surface area contributed by atoms with E-state index in [0.717, 1.165) is 12.2 Å². The Bertz CT molecular complexity index is 188. The molecule has 0 saturated carbocycles. The molecule has 56 valence electrons. The van der Waals surface area contributed by atoms with Crippen LogP contribution in [-0.2, 0) is 0 Å². The highest BCUT2D eigenvalue weighted by Crippen LogP contribution is 2.26. The first kappa shape index (κ1) is 8.52. The van der Waals surface area contributed by atoms with Gasteiger partial charge in [-0.3, -0.25) is 0 Å². The van der Waals surface area contributed by atoms with E-state index in [1.54, 1.807) is 0 Å². The van der Waals surface area contributed by atoms with Crippen molar-refractivity contribution in [2.75, 3.05) is 0 Å². The van der Waals surface area contributed by atoms with Crippen LogP contribution in [0.15, 0.2) is 15.3 Å². The average molecular weight is 315 g/mol. The Labute approximate surface area is 82.8 Å². The number of rotatable bonds is 1. The zero-order valence-electron chi connectivity index (χ0n) is 5.56. The van der Waals surface area contributed by atoms with Crippen LogP contribution >= 0.6 is 38.8 Å². The SMILES string of the molecule is C[C@H]1CC=NC(NI)=C1Br. The van der Waals surface area contributed by atoms with Crippen molar-refractivity contribution in [2.24, 2.45) is 10.9 Å². The summed E-state index contributed by atoms with van der Waals surface area (Å²) < 4.78 is 4.16. The summed E-state index contributed by atoms with van der Waals surface area (Å²) in [6.07, 6.45) is 2.97. The van der Waals surface area contributed by atoms with E-state index in [0.29, 0.717) is 5.92 Å². The highest BCUT2D eigenvalue weighted by atomic mass is 127. The van der Waals surface area contributed by atoms with Crippen LogP contribution in [0.5, 0.6) is 0 Å². The van der Waals surface area contributed by atoms with Crippen molar-refractivity contribution in [3.63, 3.8) is 0 Å². The van der Waals surface area contributed by atoms with Gasteiger partial charge in [0, 0.05) is 10.7 Å². The Morgan fingerprint density at radius 3 is 3.10 bits per heavy atom. The minimum atomic E-state index is 0.565. The van der Waals surface area contributed by atoms with Crippen LogP contribution < -0.4 is 3.53 Å². The normalized spacial score (nSPS) is 25.3. The monoisotopic (exact) mass is 314 g/mol. The molecule has 2 nitrogen and oxygen atoms in total. The molecule has 10 heavy (non-hydrogen) atoms. The minimum Gasteiger partial charge on any atom is -0.312 e. The number of allylic oxidation sites excluding steroid dienone is 1. The molecular weight excluding hydrogens is 307 g/mol. The number of hydrogen-bond acceptors (Lipinski definition) is 2. The van der Waals surface area contributed by atoms with Gasteiger partial charge < -0.3 is 3.53 Å². The van der Waals surface area contributed by atoms with Crippen LogP contribution in [0, 0.1) is 5.92 Å². The van der Waals surface area contributed by atoms with E-state index in [1.807, 2.05) is 6.21 Å². The molecule has 4 heteroatoms. The van der Waals surface area contributed by atoms with E-state index in [2.05, 4.69) is 54.2 Å². The Kier molecular flexibility index (Phi) is 3.16. The molecule has 0 aromatic heterocycles. The van der Waals surface area contributed by atoms with Crippen LogP contribution in [0.25, 0.3) is 0 Å². The van der Waals surface area contributed by atoms with E-state index < -0.39 is 0 Å². The van der Waals surface area contributed by atoms with Gasteiger partial charge in [0.2, 0.25) is 0 Å². The van der Waals surface area contributed by atoms with Gasteiger partial charge in [0.1, 0.15) is 5.82 Å². The van der Waals surface area contributed by atoms with Gasteiger partial charge in [0.15, 0.2) is 0 Å². The highest BCUT2D eigenvalue weighted by Gasteiger charge is 2.13. The van der Waals surface area contributed by atoms with Gasteiger partial charge in [-0.25, -0.2) is 4.99 Å². The lowest BCUT2D eigenvalue weighted by Crippen LogP contribution is -2.09. The van der Waals surface area contributed by atoms with Crippen LogP contribution in [0.2, 0.25) is 0 Å². The molecular formula is C6H8BrIN2. The van der Waals surface area contributed by atoms with E-state index in [1.165, 1.54) is 4.48 Å². The fourth-order valence-electron chi connectivity index (χ4n) is 0.770. The molecule has 0 saturated heterocycles. The third kappa shape index (κ3) is 1.72. The third-order valence-electron chi connectivity index (χ3n) is 1.43. The first-order valence-corrected chi connectivity index (χ1v) is 4.91. The van der Waals surface area contributed by atoms with E-state index in [4.69, 9.17) is 0 Å². The van der Waals surface area contributed by atoms with Gasteiger partial charge >= 0.3 is 0 Å². The predicted molar refractivity (Wildman–Crippen MR) is 55.4 cm³/mol. The maximum Gasteiger partial charge on any atom is 0.144 e. The fraction of sp³-hybridized carbons (Fsp3) is 0.500. The summed E-state index contributed by atoms with van der Waals surface area (Å²) in [5, 5.41) is 0. The van der Waals surface area contributed by atoms with Gasteiger partial charge in [-0.1, -0.05) is 22.9 Å². The molecule has 0 fully saturated rings. The molecule has 1 aliphatic rings. The Balaban J connectivity index is 2.82. The molecule has 1 rings (SSSR count). The number of hydrogen-bond donors (Lipinski definition) is 1. The van der Waals surface area contributed by atoms with Gasteiger partial charge in [-0.2, -0.15) is 0 Å². The fourth-order valence-corrected chi connectivity index (χ4v) is 1.96. The molecule has 0 spiro atoms. The molecule has 0 unspecified atom stereocenters. The summed E-state index contributed by atoms with van der Waals surface area (Å²) in [6, 6.07) is 0. The molecule has 1 aliphatic heterocycles.